The fraction of sp³-hybridized carbons (Fsp3) is 0.538. The molecular weight excluding hydrogens is 312 g/mol. The minimum Gasteiger partial charge on any atom is -0.390 e. The molecule has 1 aromatic heterocycles. The molecule has 0 bridgehead atoms. The lowest BCUT2D eigenvalue weighted by molar-refractivity contribution is 0.0367. The zero-order valence-corrected chi connectivity index (χ0v) is 13.2. The van der Waals surface area contributed by atoms with Crippen molar-refractivity contribution >= 4 is 27.4 Å². The first-order valence-electron chi connectivity index (χ1n) is 6.84. The Morgan fingerprint density at radius 2 is 2.05 bits per heavy atom. The van der Waals surface area contributed by atoms with E-state index in [-0.39, 0.29) is 6.61 Å². The van der Waals surface area contributed by atoms with Crippen LogP contribution in [0.15, 0.2) is 21.4 Å². The second kappa shape index (κ2) is 6.05. The van der Waals surface area contributed by atoms with Crippen LogP contribution >= 0.6 is 11.3 Å². The van der Waals surface area contributed by atoms with Gasteiger partial charge in [-0.05, 0) is 17.5 Å². The number of thiophene rings is 1. The smallest absolute Gasteiger partial charge is 0.274 e. The highest BCUT2D eigenvalue weighted by atomic mass is 32.2. The van der Waals surface area contributed by atoms with E-state index in [1.165, 1.54) is 15.6 Å². The molecule has 3 heterocycles. The highest BCUT2D eigenvalue weighted by Crippen LogP contribution is 2.34. The second-order valence-electron chi connectivity index (χ2n) is 4.99. The molecule has 21 heavy (non-hydrogen) atoms. The summed E-state index contributed by atoms with van der Waals surface area (Å²) in [5.41, 5.74) is 1.11. The Morgan fingerprint density at radius 1 is 1.29 bits per heavy atom. The Kier molecular flexibility index (Phi) is 4.32. The highest BCUT2D eigenvalue weighted by molar-refractivity contribution is 7.91. The molecule has 1 saturated heterocycles. The number of fused-ring (bicyclic) bond motifs is 1. The largest absolute Gasteiger partial charge is 0.390 e. The minimum absolute atomic E-state index is 0.280. The average Bonchev–Trinajstić information content (AvgIpc) is 2.96. The SMILES string of the molecule is O=S1(=O)c2sccc2C=C(CO)N1CCN1CCOCC1. The lowest BCUT2D eigenvalue weighted by Gasteiger charge is -2.32. The average molecular weight is 330 g/mol. The number of ether oxygens (including phenoxy) is 1. The Balaban J connectivity index is 1.79. The van der Waals surface area contributed by atoms with E-state index in [4.69, 9.17) is 4.74 Å². The first-order valence-corrected chi connectivity index (χ1v) is 9.16. The van der Waals surface area contributed by atoms with Crippen molar-refractivity contribution < 1.29 is 18.3 Å². The Labute approximate surface area is 128 Å². The van der Waals surface area contributed by atoms with Gasteiger partial charge in [-0.3, -0.25) is 9.21 Å². The van der Waals surface area contributed by atoms with Gasteiger partial charge >= 0.3 is 0 Å². The molecule has 116 valence electrons. The van der Waals surface area contributed by atoms with Crippen molar-refractivity contribution in [3.63, 3.8) is 0 Å². The van der Waals surface area contributed by atoms with Crippen molar-refractivity contribution in [3.05, 3.63) is 22.7 Å². The Hall–Kier alpha value is -0.930. The van der Waals surface area contributed by atoms with Gasteiger partial charge < -0.3 is 9.84 Å². The van der Waals surface area contributed by atoms with Crippen molar-refractivity contribution in [3.8, 4) is 0 Å². The van der Waals surface area contributed by atoms with Gasteiger partial charge in [0, 0.05) is 31.7 Å². The number of hydrogen-bond donors (Lipinski definition) is 1. The lowest BCUT2D eigenvalue weighted by atomic mass is 10.2. The van der Waals surface area contributed by atoms with E-state index in [1.807, 2.05) is 0 Å². The highest BCUT2D eigenvalue weighted by Gasteiger charge is 2.33. The first-order chi connectivity index (χ1) is 10.1. The molecular formula is C13H18N2O4S2. The van der Waals surface area contributed by atoms with Gasteiger partial charge in [-0.25, -0.2) is 8.42 Å². The minimum atomic E-state index is -3.54. The van der Waals surface area contributed by atoms with Gasteiger partial charge in [0.25, 0.3) is 10.0 Å². The monoisotopic (exact) mass is 330 g/mol. The molecule has 8 heteroatoms. The predicted molar refractivity (Wildman–Crippen MR) is 80.5 cm³/mol. The van der Waals surface area contributed by atoms with Gasteiger partial charge in [0.1, 0.15) is 4.21 Å². The maximum Gasteiger partial charge on any atom is 0.274 e. The molecule has 1 aromatic rings. The van der Waals surface area contributed by atoms with Crippen LogP contribution in [0.2, 0.25) is 0 Å². The summed E-state index contributed by atoms with van der Waals surface area (Å²) < 4.78 is 32.3. The number of hydrogen-bond acceptors (Lipinski definition) is 6. The molecule has 0 unspecified atom stereocenters. The third kappa shape index (κ3) is 2.86. The molecule has 3 rings (SSSR count). The van der Waals surface area contributed by atoms with Crippen molar-refractivity contribution in [1.29, 1.82) is 0 Å². The fourth-order valence-corrected chi connectivity index (χ4v) is 5.46. The molecule has 0 amide bonds. The number of aliphatic hydroxyl groups excluding tert-OH is 1. The molecule has 1 fully saturated rings. The van der Waals surface area contributed by atoms with Crippen molar-refractivity contribution in [2.24, 2.45) is 0 Å². The third-order valence-corrected chi connectivity index (χ3v) is 7.05. The summed E-state index contributed by atoms with van der Waals surface area (Å²) in [4.78, 5) is 2.18. The topological polar surface area (TPSA) is 70.1 Å². The fourth-order valence-electron chi connectivity index (χ4n) is 2.57. The molecule has 2 aliphatic rings. The Bertz CT molecular complexity index is 632. The van der Waals surface area contributed by atoms with Crippen LogP contribution < -0.4 is 0 Å². The van der Waals surface area contributed by atoms with E-state index in [2.05, 4.69) is 4.90 Å². The van der Waals surface area contributed by atoms with E-state index in [9.17, 15) is 13.5 Å². The van der Waals surface area contributed by atoms with Gasteiger partial charge in [-0.1, -0.05) is 0 Å². The summed E-state index contributed by atoms with van der Waals surface area (Å²) in [5, 5.41) is 11.3. The van der Waals surface area contributed by atoms with E-state index in [0.29, 0.717) is 41.8 Å². The standard InChI is InChI=1S/C13H18N2O4S2/c16-10-12-9-11-1-8-20-13(11)21(17,18)15(12)3-2-14-4-6-19-7-5-14/h1,8-9,16H,2-7,10H2. The van der Waals surface area contributed by atoms with Crippen LogP contribution in [0.1, 0.15) is 5.56 Å². The maximum absolute atomic E-state index is 12.6. The Morgan fingerprint density at radius 3 is 2.76 bits per heavy atom. The summed E-state index contributed by atoms with van der Waals surface area (Å²) in [6.07, 6.45) is 1.76. The molecule has 2 aliphatic heterocycles. The third-order valence-electron chi connectivity index (χ3n) is 3.71. The van der Waals surface area contributed by atoms with Crippen molar-refractivity contribution in [1.82, 2.24) is 9.21 Å². The molecule has 0 radical (unpaired) electrons. The van der Waals surface area contributed by atoms with Crippen LogP contribution in [0.25, 0.3) is 6.08 Å². The van der Waals surface area contributed by atoms with Gasteiger partial charge in [-0.2, -0.15) is 0 Å². The number of rotatable bonds is 4. The van der Waals surface area contributed by atoms with E-state index >= 15 is 0 Å². The number of morpholine rings is 1. The van der Waals surface area contributed by atoms with Gasteiger partial charge in [0.2, 0.25) is 0 Å². The lowest BCUT2D eigenvalue weighted by Crippen LogP contribution is -2.43. The molecule has 0 saturated carbocycles. The van der Waals surface area contributed by atoms with Gasteiger partial charge in [0.05, 0.1) is 25.5 Å². The molecule has 0 aliphatic carbocycles. The maximum atomic E-state index is 12.6. The summed E-state index contributed by atoms with van der Waals surface area (Å²) >= 11 is 1.22. The molecule has 0 atom stereocenters. The molecule has 0 aromatic carbocycles. The van der Waals surface area contributed by atoms with Crippen LogP contribution in [0.5, 0.6) is 0 Å². The normalized spacial score (nSPS) is 22.0. The first kappa shape index (κ1) is 15.0. The van der Waals surface area contributed by atoms with Crippen LogP contribution in [0, 0.1) is 0 Å². The number of sulfonamides is 1. The van der Waals surface area contributed by atoms with Crippen molar-refractivity contribution in [2.75, 3.05) is 46.0 Å². The van der Waals surface area contributed by atoms with E-state index < -0.39 is 10.0 Å². The summed E-state index contributed by atoms with van der Waals surface area (Å²) in [6.45, 7) is 3.71. The zero-order valence-electron chi connectivity index (χ0n) is 11.6. The van der Waals surface area contributed by atoms with Crippen molar-refractivity contribution in [2.45, 2.75) is 4.21 Å². The number of aliphatic hydroxyl groups is 1. The summed E-state index contributed by atoms with van der Waals surface area (Å²) in [5.74, 6) is 0. The predicted octanol–water partition coefficient (Wildman–Crippen LogP) is 0.418. The van der Waals surface area contributed by atoms with Gasteiger partial charge in [-0.15, -0.1) is 11.3 Å². The summed E-state index contributed by atoms with van der Waals surface area (Å²) in [6, 6.07) is 1.77. The van der Waals surface area contributed by atoms with Crippen LogP contribution in [-0.2, 0) is 14.8 Å². The second-order valence-corrected chi connectivity index (χ2v) is 7.96. The summed E-state index contributed by atoms with van der Waals surface area (Å²) in [7, 11) is -3.54. The zero-order chi connectivity index (χ0) is 14.9. The van der Waals surface area contributed by atoms with Crippen LogP contribution in [0.3, 0.4) is 0 Å². The quantitative estimate of drug-likeness (QED) is 0.866. The molecule has 1 N–H and O–H groups in total. The van der Waals surface area contributed by atoms with Gasteiger partial charge in [0.15, 0.2) is 0 Å². The van der Waals surface area contributed by atoms with E-state index in [1.54, 1.807) is 17.5 Å². The number of nitrogens with zero attached hydrogens (tertiary/aromatic N) is 2. The van der Waals surface area contributed by atoms with Crippen LogP contribution in [0.4, 0.5) is 0 Å². The van der Waals surface area contributed by atoms with Crippen LogP contribution in [-0.4, -0.2) is 68.7 Å². The van der Waals surface area contributed by atoms with E-state index in [0.717, 1.165) is 13.1 Å². The molecule has 0 spiro atoms. The molecule has 6 nitrogen and oxygen atoms in total.